The first-order valence-corrected chi connectivity index (χ1v) is 10.3. The molecule has 0 aliphatic carbocycles. The van der Waals surface area contributed by atoms with Crippen LogP contribution in [0, 0.1) is 10.1 Å². The van der Waals surface area contributed by atoms with E-state index in [9.17, 15) is 19.7 Å². The number of hydrogen-bond donors (Lipinski definition) is 1. The number of rotatable bonds is 9. The molecule has 0 saturated heterocycles. The topological polar surface area (TPSA) is 117 Å². The molecule has 1 unspecified atom stereocenters. The van der Waals surface area contributed by atoms with E-state index < -0.39 is 11.0 Å². The summed E-state index contributed by atoms with van der Waals surface area (Å²) in [5, 5.41) is 14.0. The molecule has 1 N–H and O–H groups in total. The molecule has 172 valence electrons. The molecule has 0 saturated carbocycles. The minimum Gasteiger partial charge on any atom is -0.468 e. The molecule has 0 aromatic heterocycles. The lowest BCUT2D eigenvalue weighted by molar-refractivity contribution is -0.384. The SMILES string of the molecule is C/C=C/NC(=O)N(CC)CCCN1C(OC)=NC(C)=C(C=O)C1c1cccc([N+](=O)[O-])c1. The zero-order valence-electron chi connectivity index (χ0n) is 18.8. The van der Waals surface area contributed by atoms with Gasteiger partial charge >= 0.3 is 6.03 Å². The fourth-order valence-electron chi connectivity index (χ4n) is 3.53. The number of amidine groups is 1. The van der Waals surface area contributed by atoms with Crippen molar-refractivity contribution in [2.75, 3.05) is 26.7 Å². The van der Waals surface area contributed by atoms with Crippen LogP contribution in [0.2, 0.25) is 0 Å². The molecule has 10 heteroatoms. The van der Waals surface area contributed by atoms with Crippen molar-refractivity contribution >= 4 is 24.0 Å². The van der Waals surface area contributed by atoms with Crippen LogP contribution < -0.4 is 5.32 Å². The van der Waals surface area contributed by atoms with E-state index in [1.807, 2.05) is 13.8 Å². The third kappa shape index (κ3) is 5.71. The monoisotopic (exact) mass is 443 g/mol. The van der Waals surface area contributed by atoms with Gasteiger partial charge in [-0.25, -0.2) is 9.79 Å². The number of non-ortho nitro benzene ring substituents is 1. The molecule has 1 aliphatic rings. The largest absolute Gasteiger partial charge is 0.468 e. The Labute approximate surface area is 187 Å². The summed E-state index contributed by atoms with van der Waals surface area (Å²) in [7, 11) is 1.48. The average Bonchev–Trinajstić information content (AvgIpc) is 2.80. The first kappa shape index (κ1) is 24.6. The maximum absolute atomic E-state index is 12.2. The van der Waals surface area contributed by atoms with Gasteiger partial charge in [0.05, 0.1) is 23.8 Å². The Morgan fingerprint density at radius 3 is 2.78 bits per heavy atom. The van der Waals surface area contributed by atoms with E-state index >= 15 is 0 Å². The van der Waals surface area contributed by atoms with Gasteiger partial charge in [0, 0.05) is 43.5 Å². The van der Waals surface area contributed by atoms with Gasteiger partial charge in [0.25, 0.3) is 11.7 Å². The minimum atomic E-state index is -0.591. The van der Waals surface area contributed by atoms with Crippen LogP contribution >= 0.6 is 0 Å². The van der Waals surface area contributed by atoms with Gasteiger partial charge in [0.2, 0.25) is 0 Å². The van der Waals surface area contributed by atoms with Gasteiger partial charge in [-0.1, -0.05) is 18.2 Å². The number of benzene rings is 1. The molecule has 2 amide bonds. The summed E-state index contributed by atoms with van der Waals surface area (Å²) in [5.41, 5.74) is 1.42. The van der Waals surface area contributed by atoms with Crippen LogP contribution in [0.1, 0.15) is 38.8 Å². The Morgan fingerprint density at radius 2 is 2.19 bits per heavy atom. The number of aliphatic imine (C=N–C) groups is 1. The lowest BCUT2D eigenvalue weighted by atomic mass is 9.94. The summed E-state index contributed by atoms with van der Waals surface area (Å²) in [4.78, 5) is 42.9. The predicted octanol–water partition coefficient (Wildman–Crippen LogP) is 3.38. The lowest BCUT2D eigenvalue weighted by Crippen LogP contribution is -2.43. The number of nitro groups is 1. The van der Waals surface area contributed by atoms with E-state index in [1.165, 1.54) is 19.2 Å². The molecule has 1 aliphatic heterocycles. The summed E-state index contributed by atoms with van der Waals surface area (Å²) >= 11 is 0. The van der Waals surface area contributed by atoms with Gasteiger partial charge in [-0.3, -0.25) is 14.9 Å². The summed E-state index contributed by atoms with van der Waals surface area (Å²) in [6.45, 7) is 6.82. The summed E-state index contributed by atoms with van der Waals surface area (Å²) in [6, 6.07) is 5.70. The van der Waals surface area contributed by atoms with E-state index in [4.69, 9.17) is 4.74 Å². The standard InChI is InChI=1S/C22H29N5O5/c1-5-11-23-21(29)25(6-2)12-8-13-26-20(17-9-7-10-18(14-17)27(30)31)19(15-28)16(3)24-22(26)32-4/h5,7,9-11,14-15,20H,6,8,12-13H2,1-4H3,(H,23,29)/b11-5+. The number of nitrogens with one attached hydrogen (secondary N) is 1. The van der Waals surface area contributed by atoms with Crippen LogP contribution in [0.15, 0.2) is 52.8 Å². The van der Waals surface area contributed by atoms with Crippen LogP contribution in [-0.2, 0) is 9.53 Å². The predicted molar refractivity (Wildman–Crippen MR) is 121 cm³/mol. The maximum atomic E-state index is 12.2. The zero-order chi connectivity index (χ0) is 23.7. The van der Waals surface area contributed by atoms with Crippen molar-refractivity contribution in [2.24, 2.45) is 4.99 Å². The minimum absolute atomic E-state index is 0.0651. The van der Waals surface area contributed by atoms with Crippen molar-refractivity contribution in [3.8, 4) is 0 Å². The third-order valence-corrected chi connectivity index (χ3v) is 5.11. The van der Waals surface area contributed by atoms with Crippen LogP contribution in [0.4, 0.5) is 10.5 Å². The maximum Gasteiger partial charge on any atom is 0.321 e. The fraction of sp³-hybridized carbons (Fsp3) is 0.409. The number of carbonyl (C=O) groups excluding carboxylic acids is 2. The summed E-state index contributed by atoms with van der Waals surface area (Å²) in [6.07, 6.45) is 4.61. The molecule has 1 aromatic carbocycles. The molecule has 2 rings (SSSR count). The van der Waals surface area contributed by atoms with Crippen LogP contribution in [0.3, 0.4) is 0 Å². The Bertz CT molecular complexity index is 940. The second kappa shape index (κ2) is 11.6. The molecular weight excluding hydrogens is 414 g/mol. The number of nitro benzene ring substituents is 1. The van der Waals surface area contributed by atoms with Crippen molar-refractivity contribution < 1.29 is 19.2 Å². The van der Waals surface area contributed by atoms with Gasteiger partial charge in [-0.05, 0) is 32.8 Å². The quantitative estimate of drug-likeness (QED) is 0.355. The fourth-order valence-corrected chi connectivity index (χ4v) is 3.53. The molecule has 10 nitrogen and oxygen atoms in total. The van der Waals surface area contributed by atoms with Crippen LogP contribution in [0.5, 0.6) is 0 Å². The number of urea groups is 1. The summed E-state index contributed by atoms with van der Waals surface area (Å²) in [5.74, 6) is 0. The number of amides is 2. The number of aldehydes is 1. The van der Waals surface area contributed by atoms with E-state index in [0.717, 1.165) is 6.29 Å². The van der Waals surface area contributed by atoms with E-state index in [1.54, 1.807) is 41.1 Å². The number of allylic oxidation sites excluding steroid dienone is 2. The summed E-state index contributed by atoms with van der Waals surface area (Å²) < 4.78 is 5.47. The van der Waals surface area contributed by atoms with E-state index in [0.29, 0.717) is 48.9 Å². The van der Waals surface area contributed by atoms with Gasteiger partial charge in [-0.15, -0.1) is 0 Å². The molecule has 1 aromatic rings. The van der Waals surface area contributed by atoms with Gasteiger partial charge < -0.3 is 19.9 Å². The smallest absolute Gasteiger partial charge is 0.321 e. The molecule has 0 fully saturated rings. The molecular formula is C22H29N5O5. The average molecular weight is 444 g/mol. The number of nitrogens with zero attached hydrogens (tertiary/aromatic N) is 4. The number of carbonyl (C=O) groups is 2. The highest BCUT2D eigenvalue weighted by molar-refractivity contribution is 5.85. The van der Waals surface area contributed by atoms with Crippen molar-refractivity contribution in [3.63, 3.8) is 0 Å². The second-order valence-electron chi connectivity index (χ2n) is 7.09. The molecule has 0 spiro atoms. The molecule has 32 heavy (non-hydrogen) atoms. The molecule has 1 atom stereocenters. The molecule has 1 heterocycles. The van der Waals surface area contributed by atoms with E-state index in [-0.39, 0.29) is 11.7 Å². The Kier molecular flexibility index (Phi) is 8.94. The van der Waals surface area contributed by atoms with E-state index in [2.05, 4.69) is 10.3 Å². The normalized spacial score (nSPS) is 16.1. The van der Waals surface area contributed by atoms with Gasteiger partial charge in [0.15, 0.2) is 0 Å². The Hall–Kier alpha value is -3.69. The second-order valence-corrected chi connectivity index (χ2v) is 7.09. The van der Waals surface area contributed by atoms with Gasteiger partial charge in [-0.2, -0.15) is 0 Å². The highest BCUT2D eigenvalue weighted by atomic mass is 16.6. The number of hydrogen-bond acceptors (Lipinski definition) is 7. The first-order valence-electron chi connectivity index (χ1n) is 10.3. The van der Waals surface area contributed by atoms with Crippen molar-refractivity contribution in [3.05, 3.63) is 63.5 Å². The first-order chi connectivity index (χ1) is 15.4. The van der Waals surface area contributed by atoms with Crippen molar-refractivity contribution in [1.29, 1.82) is 0 Å². The lowest BCUT2D eigenvalue weighted by Gasteiger charge is -2.37. The zero-order valence-corrected chi connectivity index (χ0v) is 18.8. The van der Waals surface area contributed by atoms with Crippen LogP contribution in [0.25, 0.3) is 0 Å². The number of methoxy groups -OCH3 is 1. The van der Waals surface area contributed by atoms with Crippen molar-refractivity contribution in [2.45, 2.75) is 33.2 Å². The van der Waals surface area contributed by atoms with Gasteiger partial charge in [0.1, 0.15) is 6.29 Å². The number of ether oxygens (including phenoxy) is 1. The third-order valence-electron chi connectivity index (χ3n) is 5.11. The Balaban J connectivity index is 2.31. The molecule has 0 bridgehead atoms. The highest BCUT2D eigenvalue weighted by Crippen LogP contribution is 2.35. The highest BCUT2D eigenvalue weighted by Gasteiger charge is 2.33. The molecule has 0 radical (unpaired) electrons. The van der Waals surface area contributed by atoms with Crippen molar-refractivity contribution in [1.82, 2.24) is 15.1 Å². The van der Waals surface area contributed by atoms with Crippen LogP contribution in [-0.4, -0.2) is 59.8 Å². The Morgan fingerprint density at radius 1 is 1.44 bits per heavy atom.